The molecular formula is C16H14O3S. The molecule has 0 aliphatic rings. The molecule has 0 amide bonds. The molecule has 4 heteroatoms. The summed E-state index contributed by atoms with van der Waals surface area (Å²) in [7, 11) is -3.39. The van der Waals surface area contributed by atoms with E-state index in [9.17, 15) is 8.42 Å². The molecule has 0 N–H and O–H groups in total. The summed E-state index contributed by atoms with van der Waals surface area (Å²) in [6, 6.07) is 16.0. The molecular weight excluding hydrogens is 272 g/mol. The van der Waals surface area contributed by atoms with E-state index in [1.54, 1.807) is 12.1 Å². The van der Waals surface area contributed by atoms with Crippen LogP contribution in [0, 0.1) is 12.3 Å². The number of terminal acetylenes is 1. The quantitative estimate of drug-likeness (QED) is 0.794. The van der Waals surface area contributed by atoms with Gasteiger partial charge in [-0.25, -0.2) is 8.42 Å². The van der Waals surface area contributed by atoms with Gasteiger partial charge in [0.05, 0.1) is 4.90 Å². The zero-order valence-corrected chi connectivity index (χ0v) is 11.6. The molecule has 2 aromatic carbocycles. The summed E-state index contributed by atoms with van der Waals surface area (Å²) in [5.74, 6) is 2.47. The fraction of sp³-hybridized carbons (Fsp3) is 0.125. The predicted molar refractivity (Wildman–Crippen MR) is 78.1 cm³/mol. The molecule has 0 saturated heterocycles. The minimum absolute atomic E-state index is 0.211. The van der Waals surface area contributed by atoms with Crippen LogP contribution in [0.25, 0.3) is 0 Å². The van der Waals surface area contributed by atoms with Gasteiger partial charge in [-0.05, 0) is 29.8 Å². The van der Waals surface area contributed by atoms with Gasteiger partial charge in [0, 0.05) is 0 Å². The highest BCUT2D eigenvalue weighted by atomic mass is 32.2. The molecule has 0 aromatic heterocycles. The lowest BCUT2D eigenvalue weighted by Crippen LogP contribution is -2.04. The molecule has 0 radical (unpaired) electrons. The maximum Gasteiger partial charge on any atom is 0.189 e. The smallest absolute Gasteiger partial charge is 0.189 e. The summed E-state index contributed by atoms with van der Waals surface area (Å²) < 4.78 is 29.1. The minimum Gasteiger partial charge on any atom is -0.489 e. The maximum absolute atomic E-state index is 11.7. The van der Waals surface area contributed by atoms with Gasteiger partial charge in [0.15, 0.2) is 9.84 Å². The van der Waals surface area contributed by atoms with Crippen molar-refractivity contribution in [1.82, 2.24) is 0 Å². The van der Waals surface area contributed by atoms with Crippen molar-refractivity contribution in [2.75, 3.05) is 5.75 Å². The zero-order chi connectivity index (χ0) is 14.4. The standard InChI is InChI=1S/C16H14O3S/c1-2-12-20(17,18)16-10-8-15(9-11-16)19-13-14-6-4-3-5-7-14/h1,3-11H,12-13H2. The van der Waals surface area contributed by atoms with Crippen LogP contribution in [-0.4, -0.2) is 14.2 Å². The lowest BCUT2D eigenvalue weighted by atomic mass is 10.2. The Hall–Kier alpha value is -2.25. The Kier molecular flexibility index (Phi) is 4.44. The van der Waals surface area contributed by atoms with Gasteiger partial charge < -0.3 is 4.74 Å². The van der Waals surface area contributed by atoms with Crippen LogP contribution in [-0.2, 0) is 16.4 Å². The minimum atomic E-state index is -3.39. The third kappa shape index (κ3) is 3.62. The first kappa shape index (κ1) is 14.2. The zero-order valence-electron chi connectivity index (χ0n) is 10.8. The van der Waals surface area contributed by atoms with Crippen molar-refractivity contribution in [3.63, 3.8) is 0 Å². The van der Waals surface area contributed by atoms with Gasteiger partial charge in [0.1, 0.15) is 18.1 Å². The van der Waals surface area contributed by atoms with E-state index < -0.39 is 9.84 Å². The summed E-state index contributed by atoms with van der Waals surface area (Å²) in [5.41, 5.74) is 1.05. The highest BCUT2D eigenvalue weighted by Crippen LogP contribution is 2.18. The van der Waals surface area contributed by atoms with Crippen molar-refractivity contribution in [3.8, 4) is 18.1 Å². The van der Waals surface area contributed by atoms with Gasteiger partial charge in [-0.2, -0.15) is 0 Å². The number of ether oxygens (including phenoxy) is 1. The fourth-order valence-electron chi connectivity index (χ4n) is 1.68. The summed E-state index contributed by atoms with van der Waals surface area (Å²) in [4.78, 5) is 0.211. The monoisotopic (exact) mass is 286 g/mol. The van der Waals surface area contributed by atoms with Crippen LogP contribution < -0.4 is 4.74 Å². The Balaban J connectivity index is 2.04. The summed E-state index contributed by atoms with van der Waals surface area (Å²) in [5, 5.41) is 0. The second-order valence-corrected chi connectivity index (χ2v) is 6.20. The summed E-state index contributed by atoms with van der Waals surface area (Å²) >= 11 is 0. The van der Waals surface area contributed by atoms with E-state index in [4.69, 9.17) is 11.2 Å². The lowest BCUT2D eigenvalue weighted by Gasteiger charge is -2.07. The molecule has 0 spiro atoms. The number of hydrogen-bond acceptors (Lipinski definition) is 3. The van der Waals surface area contributed by atoms with Crippen molar-refractivity contribution in [1.29, 1.82) is 0 Å². The van der Waals surface area contributed by atoms with Crippen molar-refractivity contribution in [2.24, 2.45) is 0 Å². The van der Waals surface area contributed by atoms with Gasteiger partial charge in [0.25, 0.3) is 0 Å². The van der Waals surface area contributed by atoms with E-state index >= 15 is 0 Å². The number of rotatable bonds is 5. The maximum atomic E-state index is 11.7. The van der Waals surface area contributed by atoms with Crippen LogP contribution in [0.4, 0.5) is 0 Å². The van der Waals surface area contributed by atoms with E-state index in [1.165, 1.54) is 12.1 Å². The van der Waals surface area contributed by atoms with Crippen LogP contribution in [0.5, 0.6) is 5.75 Å². The molecule has 0 atom stereocenters. The lowest BCUT2D eigenvalue weighted by molar-refractivity contribution is 0.306. The Morgan fingerprint density at radius 3 is 2.25 bits per heavy atom. The van der Waals surface area contributed by atoms with Crippen LogP contribution in [0.15, 0.2) is 59.5 Å². The van der Waals surface area contributed by atoms with Crippen molar-refractivity contribution in [2.45, 2.75) is 11.5 Å². The molecule has 102 valence electrons. The molecule has 0 bridgehead atoms. The molecule has 0 fully saturated rings. The summed E-state index contributed by atoms with van der Waals surface area (Å²) in [6.07, 6.45) is 5.04. The molecule has 20 heavy (non-hydrogen) atoms. The highest BCUT2D eigenvalue weighted by Gasteiger charge is 2.12. The molecule has 0 aliphatic heterocycles. The first-order chi connectivity index (χ1) is 9.62. The van der Waals surface area contributed by atoms with Crippen LogP contribution in [0.2, 0.25) is 0 Å². The van der Waals surface area contributed by atoms with Crippen molar-refractivity contribution < 1.29 is 13.2 Å². The normalized spacial score (nSPS) is 10.8. The van der Waals surface area contributed by atoms with Crippen molar-refractivity contribution >= 4 is 9.84 Å². The molecule has 0 aliphatic carbocycles. The third-order valence-corrected chi connectivity index (χ3v) is 4.24. The Morgan fingerprint density at radius 2 is 1.65 bits per heavy atom. The SMILES string of the molecule is C#CCS(=O)(=O)c1ccc(OCc2ccccc2)cc1. The average molecular weight is 286 g/mol. The molecule has 3 nitrogen and oxygen atoms in total. The molecule has 0 unspecified atom stereocenters. The van der Waals surface area contributed by atoms with Crippen LogP contribution in [0.1, 0.15) is 5.56 Å². The second-order valence-electron chi connectivity index (χ2n) is 4.21. The average Bonchev–Trinajstić information content (AvgIpc) is 2.47. The molecule has 0 saturated carbocycles. The Morgan fingerprint density at radius 1 is 1.00 bits per heavy atom. The van der Waals surface area contributed by atoms with E-state index in [-0.39, 0.29) is 10.6 Å². The van der Waals surface area contributed by atoms with E-state index in [0.29, 0.717) is 12.4 Å². The van der Waals surface area contributed by atoms with Gasteiger partial charge in [0.2, 0.25) is 0 Å². The van der Waals surface area contributed by atoms with Gasteiger partial charge >= 0.3 is 0 Å². The molecule has 2 aromatic rings. The van der Waals surface area contributed by atoms with E-state index in [1.807, 2.05) is 30.3 Å². The predicted octanol–water partition coefficient (Wildman–Crippen LogP) is 2.67. The number of hydrogen-bond donors (Lipinski definition) is 0. The molecule has 2 rings (SSSR count). The number of sulfone groups is 1. The van der Waals surface area contributed by atoms with Gasteiger partial charge in [-0.3, -0.25) is 0 Å². The van der Waals surface area contributed by atoms with Gasteiger partial charge in [-0.15, -0.1) is 6.42 Å². The first-order valence-corrected chi connectivity index (χ1v) is 7.70. The van der Waals surface area contributed by atoms with E-state index in [2.05, 4.69) is 5.92 Å². The van der Waals surface area contributed by atoms with Crippen molar-refractivity contribution in [3.05, 3.63) is 60.2 Å². The topological polar surface area (TPSA) is 43.4 Å². The Labute approximate surface area is 119 Å². The third-order valence-electron chi connectivity index (χ3n) is 2.70. The Bertz CT molecular complexity index is 696. The van der Waals surface area contributed by atoms with Crippen LogP contribution in [0.3, 0.4) is 0 Å². The highest BCUT2D eigenvalue weighted by molar-refractivity contribution is 7.91. The van der Waals surface area contributed by atoms with Gasteiger partial charge in [-0.1, -0.05) is 36.3 Å². The second kappa shape index (κ2) is 6.27. The fourth-order valence-corrected chi connectivity index (χ4v) is 2.61. The van der Waals surface area contributed by atoms with Crippen LogP contribution >= 0.6 is 0 Å². The first-order valence-electron chi connectivity index (χ1n) is 6.05. The number of benzene rings is 2. The molecule has 0 heterocycles. The van der Waals surface area contributed by atoms with E-state index in [0.717, 1.165) is 5.56 Å². The largest absolute Gasteiger partial charge is 0.489 e. The summed E-state index contributed by atoms with van der Waals surface area (Å²) in [6.45, 7) is 0.442.